The molecule has 20 heavy (non-hydrogen) atoms. The molecule has 1 N–H and O–H groups in total. The molecule has 0 unspecified atom stereocenters. The van der Waals surface area contributed by atoms with E-state index in [4.69, 9.17) is 5.26 Å². The van der Waals surface area contributed by atoms with Crippen molar-refractivity contribution >= 4 is 11.4 Å². The van der Waals surface area contributed by atoms with Gasteiger partial charge in [-0.25, -0.2) is 0 Å². The lowest BCUT2D eigenvalue weighted by atomic mass is 10.0. The number of benzene rings is 1. The van der Waals surface area contributed by atoms with Crippen LogP contribution in [0.1, 0.15) is 44.1 Å². The van der Waals surface area contributed by atoms with Crippen LogP contribution in [-0.2, 0) is 0 Å². The molecular weight excluding hydrogens is 254 g/mol. The lowest BCUT2D eigenvalue weighted by molar-refractivity contribution is -0.385. The Morgan fingerprint density at radius 1 is 1.40 bits per heavy atom. The number of hydrogen-bond donors (Lipinski definition) is 1. The van der Waals surface area contributed by atoms with Crippen molar-refractivity contribution in [1.29, 1.82) is 5.26 Å². The van der Waals surface area contributed by atoms with E-state index in [1.54, 1.807) is 12.1 Å². The fraction of sp³-hybridized carbons (Fsp3) is 0.533. The fourth-order valence-electron chi connectivity index (χ4n) is 2.82. The van der Waals surface area contributed by atoms with Gasteiger partial charge in [0.05, 0.1) is 4.92 Å². The third kappa shape index (κ3) is 3.70. The van der Waals surface area contributed by atoms with Crippen molar-refractivity contribution < 1.29 is 4.92 Å². The first-order valence-electron chi connectivity index (χ1n) is 7.13. The lowest BCUT2D eigenvalue weighted by Crippen LogP contribution is -2.04. The summed E-state index contributed by atoms with van der Waals surface area (Å²) in [4.78, 5) is 10.2. The molecule has 0 bridgehead atoms. The molecule has 1 aliphatic carbocycles. The molecule has 1 fully saturated rings. The maximum absolute atomic E-state index is 10.7. The molecule has 5 heteroatoms. The summed E-state index contributed by atoms with van der Waals surface area (Å²) in [5.74, 6) is 0.878. The standard InChI is InChI=1S/C15H19N3O2/c16-11-13-10-14(7-8-15(13)18(19)20)17-9-3-6-12-4-1-2-5-12/h7-8,10,12,17H,1-6,9H2. The van der Waals surface area contributed by atoms with Crippen LogP contribution in [0.3, 0.4) is 0 Å². The highest BCUT2D eigenvalue weighted by Crippen LogP contribution is 2.28. The zero-order valence-corrected chi connectivity index (χ0v) is 11.5. The van der Waals surface area contributed by atoms with Crippen LogP contribution in [-0.4, -0.2) is 11.5 Å². The summed E-state index contributed by atoms with van der Waals surface area (Å²) in [6.07, 6.45) is 7.79. The Hall–Kier alpha value is -2.09. The van der Waals surface area contributed by atoms with E-state index < -0.39 is 4.92 Å². The smallest absolute Gasteiger partial charge is 0.287 e. The lowest BCUT2D eigenvalue weighted by Gasteiger charge is -2.10. The van der Waals surface area contributed by atoms with Crippen molar-refractivity contribution in [1.82, 2.24) is 0 Å². The van der Waals surface area contributed by atoms with Gasteiger partial charge in [-0.15, -0.1) is 0 Å². The Morgan fingerprint density at radius 3 is 2.80 bits per heavy atom. The van der Waals surface area contributed by atoms with Gasteiger partial charge < -0.3 is 5.32 Å². The highest BCUT2D eigenvalue weighted by Gasteiger charge is 2.15. The van der Waals surface area contributed by atoms with E-state index in [1.165, 1.54) is 38.2 Å². The van der Waals surface area contributed by atoms with Gasteiger partial charge in [0.25, 0.3) is 5.69 Å². The van der Waals surface area contributed by atoms with Gasteiger partial charge in [-0.2, -0.15) is 5.26 Å². The maximum atomic E-state index is 10.7. The molecule has 0 heterocycles. The molecule has 1 saturated carbocycles. The molecular formula is C15H19N3O2. The van der Waals surface area contributed by atoms with Crippen LogP contribution in [0.2, 0.25) is 0 Å². The summed E-state index contributed by atoms with van der Waals surface area (Å²) < 4.78 is 0. The first kappa shape index (κ1) is 14.3. The second-order valence-corrected chi connectivity index (χ2v) is 5.32. The molecule has 1 aliphatic rings. The molecule has 106 valence electrons. The summed E-state index contributed by atoms with van der Waals surface area (Å²) in [6, 6.07) is 6.47. The summed E-state index contributed by atoms with van der Waals surface area (Å²) >= 11 is 0. The van der Waals surface area contributed by atoms with E-state index >= 15 is 0 Å². The molecule has 5 nitrogen and oxygen atoms in total. The molecule has 1 aromatic carbocycles. The van der Waals surface area contributed by atoms with Crippen molar-refractivity contribution in [3.8, 4) is 6.07 Å². The number of rotatable bonds is 6. The average molecular weight is 273 g/mol. The Labute approximate surface area is 118 Å². The van der Waals surface area contributed by atoms with E-state index in [-0.39, 0.29) is 11.3 Å². The van der Waals surface area contributed by atoms with Crippen LogP contribution < -0.4 is 5.32 Å². The molecule has 0 spiro atoms. The molecule has 0 saturated heterocycles. The molecule has 0 aromatic heterocycles. The highest BCUT2D eigenvalue weighted by atomic mass is 16.6. The van der Waals surface area contributed by atoms with Gasteiger partial charge in [-0.1, -0.05) is 25.7 Å². The van der Waals surface area contributed by atoms with Crippen molar-refractivity contribution in [3.63, 3.8) is 0 Å². The van der Waals surface area contributed by atoms with Gasteiger partial charge >= 0.3 is 0 Å². The number of nitrogens with zero attached hydrogens (tertiary/aromatic N) is 2. The number of nitriles is 1. The van der Waals surface area contributed by atoms with Crippen LogP contribution in [0.4, 0.5) is 11.4 Å². The van der Waals surface area contributed by atoms with E-state index in [0.717, 1.165) is 24.6 Å². The van der Waals surface area contributed by atoms with Gasteiger partial charge in [0.15, 0.2) is 0 Å². The molecule has 0 atom stereocenters. The number of hydrogen-bond acceptors (Lipinski definition) is 4. The summed E-state index contributed by atoms with van der Waals surface area (Å²) in [5.41, 5.74) is 0.748. The second kappa shape index (κ2) is 6.90. The molecule has 0 radical (unpaired) electrons. The monoisotopic (exact) mass is 273 g/mol. The SMILES string of the molecule is N#Cc1cc(NCCCC2CCCC2)ccc1[N+](=O)[O-]. The van der Waals surface area contributed by atoms with Gasteiger partial charge in [-0.3, -0.25) is 10.1 Å². The quantitative estimate of drug-likeness (QED) is 0.485. The van der Waals surface area contributed by atoms with E-state index in [2.05, 4.69) is 5.32 Å². The van der Waals surface area contributed by atoms with Crippen molar-refractivity contribution in [2.75, 3.05) is 11.9 Å². The Morgan fingerprint density at radius 2 is 2.15 bits per heavy atom. The minimum Gasteiger partial charge on any atom is -0.385 e. The van der Waals surface area contributed by atoms with E-state index in [9.17, 15) is 10.1 Å². The number of nitro benzene ring substituents is 1. The number of anilines is 1. The van der Waals surface area contributed by atoms with Crippen LogP contribution in [0, 0.1) is 27.4 Å². The predicted octanol–water partition coefficient (Wildman–Crippen LogP) is 3.85. The largest absolute Gasteiger partial charge is 0.385 e. The van der Waals surface area contributed by atoms with E-state index in [1.807, 2.05) is 6.07 Å². The number of nitrogens with one attached hydrogen (secondary N) is 1. The third-order valence-corrected chi connectivity index (χ3v) is 3.91. The van der Waals surface area contributed by atoms with Gasteiger partial charge in [0.2, 0.25) is 0 Å². The fourth-order valence-corrected chi connectivity index (χ4v) is 2.82. The van der Waals surface area contributed by atoms with Gasteiger partial charge in [-0.05, 0) is 30.9 Å². The molecule has 0 aliphatic heterocycles. The summed E-state index contributed by atoms with van der Waals surface area (Å²) in [6.45, 7) is 0.846. The number of nitro groups is 1. The predicted molar refractivity (Wildman–Crippen MR) is 77.5 cm³/mol. The third-order valence-electron chi connectivity index (χ3n) is 3.91. The zero-order valence-electron chi connectivity index (χ0n) is 11.5. The first-order chi connectivity index (χ1) is 9.70. The van der Waals surface area contributed by atoms with Crippen LogP contribution in [0.25, 0.3) is 0 Å². The Bertz CT molecular complexity index is 516. The Kier molecular flexibility index (Phi) is 4.94. The average Bonchev–Trinajstić information content (AvgIpc) is 2.96. The van der Waals surface area contributed by atoms with Crippen LogP contribution >= 0.6 is 0 Å². The second-order valence-electron chi connectivity index (χ2n) is 5.32. The normalized spacial score (nSPS) is 14.9. The Balaban J connectivity index is 1.83. The minimum absolute atomic E-state index is 0.107. The van der Waals surface area contributed by atoms with Crippen molar-refractivity contribution in [2.24, 2.45) is 5.92 Å². The summed E-state index contributed by atoms with van der Waals surface area (Å²) in [7, 11) is 0. The van der Waals surface area contributed by atoms with Gasteiger partial charge in [0.1, 0.15) is 11.6 Å². The molecule has 2 rings (SSSR count). The molecule has 1 aromatic rings. The van der Waals surface area contributed by atoms with Crippen molar-refractivity contribution in [2.45, 2.75) is 38.5 Å². The summed E-state index contributed by atoms with van der Waals surface area (Å²) in [5, 5.41) is 22.9. The molecule has 0 amide bonds. The topological polar surface area (TPSA) is 79.0 Å². The van der Waals surface area contributed by atoms with Crippen LogP contribution in [0.5, 0.6) is 0 Å². The zero-order chi connectivity index (χ0) is 14.4. The van der Waals surface area contributed by atoms with Crippen LogP contribution in [0.15, 0.2) is 18.2 Å². The maximum Gasteiger partial charge on any atom is 0.287 e. The highest BCUT2D eigenvalue weighted by molar-refractivity contribution is 5.58. The van der Waals surface area contributed by atoms with E-state index in [0.29, 0.717) is 0 Å². The minimum atomic E-state index is -0.525. The van der Waals surface area contributed by atoms with Gasteiger partial charge in [0, 0.05) is 18.3 Å². The van der Waals surface area contributed by atoms with Crippen molar-refractivity contribution in [3.05, 3.63) is 33.9 Å². The first-order valence-corrected chi connectivity index (χ1v) is 7.13.